The van der Waals surface area contributed by atoms with Crippen LogP contribution in [0.1, 0.15) is 25.0 Å². The van der Waals surface area contributed by atoms with E-state index in [9.17, 15) is 0 Å². The molecule has 284 valence electrons. The fourth-order valence-corrected chi connectivity index (χ4v) is 9.61. The first-order chi connectivity index (χ1) is 29.5. The van der Waals surface area contributed by atoms with Crippen LogP contribution in [0.2, 0.25) is 0 Å². The molecule has 0 spiro atoms. The molecule has 1 heteroatoms. The highest BCUT2D eigenvalue weighted by molar-refractivity contribution is 6.06. The fourth-order valence-electron chi connectivity index (χ4n) is 9.61. The molecule has 0 heterocycles. The molecule has 0 radical (unpaired) electrons. The summed E-state index contributed by atoms with van der Waals surface area (Å²) in [6.07, 6.45) is 0. The summed E-state index contributed by atoms with van der Waals surface area (Å²) in [6, 6.07) is 82.4. The summed E-state index contributed by atoms with van der Waals surface area (Å²) in [5.41, 5.74) is 18.4. The van der Waals surface area contributed by atoms with E-state index in [4.69, 9.17) is 0 Å². The SMILES string of the molecule is CC1(C)c2cc(N(c3ccc(-c4ccccc4)cc3)c3ccc(-c4ccc5ccccc5c4-c4ccc5ccccc5c4)cc3)ccc2-c2c(-c3ccccc3)cccc21. The molecule has 10 aromatic carbocycles. The lowest BCUT2D eigenvalue weighted by Crippen LogP contribution is -2.16. The first kappa shape index (κ1) is 35.7. The van der Waals surface area contributed by atoms with Crippen LogP contribution in [-0.4, -0.2) is 0 Å². The van der Waals surface area contributed by atoms with Crippen LogP contribution in [0.4, 0.5) is 17.1 Å². The summed E-state index contributed by atoms with van der Waals surface area (Å²) < 4.78 is 0. The quantitative estimate of drug-likeness (QED) is 0.156. The number of nitrogens with zero attached hydrogens (tertiary/aromatic N) is 1. The number of benzene rings is 10. The maximum Gasteiger partial charge on any atom is 0.0465 e. The van der Waals surface area contributed by atoms with Gasteiger partial charge < -0.3 is 4.90 Å². The molecule has 1 nitrogen and oxygen atoms in total. The topological polar surface area (TPSA) is 3.24 Å². The van der Waals surface area contributed by atoms with Gasteiger partial charge in [-0.05, 0) is 131 Å². The van der Waals surface area contributed by atoms with E-state index in [0.717, 1.165) is 17.1 Å². The highest BCUT2D eigenvalue weighted by atomic mass is 15.1. The second kappa shape index (κ2) is 14.4. The van der Waals surface area contributed by atoms with Gasteiger partial charge in [0.1, 0.15) is 0 Å². The van der Waals surface area contributed by atoms with Crippen molar-refractivity contribution in [3.05, 3.63) is 236 Å². The summed E-state index contributed by atoms with van der Waals surface area (Å²) >= 11 is 0. The van der Waals surface area contributed by atoms with Gasteiger partial charge in [0.15, 0.2) is 0 Å². The Morgan fingerprint density at radius 2 is 0.817 bits per heavy atom. The van der Waals surface area contributed by atoms with Crippen LogP contribution in [0.3, 0.4) is 0 Å². The molecule has 0 aromatic heterocycles. The first-order valence-corrected chi connectivity index (χ1v) is 20.9. The van der Waals surface area contributed by atoms with E-state index in [2.05, 4.69) is 243 Å². The average Bonchev–Trinajstić information content (AvgIpc) is 3.55. The fraction of sp³-hybridized carbons (Fsp3) is 0.0508. The van der Waals surface area contributed by atoms with Crippen LogP contribution >= 0.6 is 0 Å². The van der Waals surface area contributed by atoms with Crippen molar-refractivity contribution >= 4 is 38.6 Å². The number of anilines is 3. The van der Waals surface area contributed by atoms with Crippen LogP contribution in [0.5, 0.6) is 0 Å². The van der Waals surface area contributed by atoms with Crippen LogP contribution in [0, 0.1) is 0 Å². The van der Waals surface area contributed by atoms with E-state index in [1.54, 1.807) is 0 Å². The second-order valence-electron chi connectivity index (χ2n) is 16.5. The van der Waals surface area contributed by atoms with Crippen molar-refractivity contribution < 1.29 is 0 Å². The Hall–Kier alpha value is -7.48. The van der Waals surface area contributed by atoms with E-state index in [1.165, 1.54) is 88.3 Å². The Morgan fingerprint density at radius 1 is 0.300 bits per heavy atom. The maximum atomic E-state index is 2.43. The molecule has 11 rings (SSSR count). The zero-order valence-corrected chi connectivity index (χ0v) is 33.8. The lowest BCUT2D eigenvalue weighted by atomic mass is 9.81. The Labute approximate surface area is 352 Å². The van der Waals surface area contributed by atoms with Gasteiger partial charge in [0, 0.05) is 22.5 Å². The third kappa shape index (κ3) is 6.01. The summed E-state index contributed by atoms with van der Waals surface area (Å²) in [7, 11) is 0. The molecule has 0 saturated heterocycles. The van der Waals surface area contributed by atoms with E-state index >= 15 is 0 Å². The van der Waals surface area contributed by atoms with Gasteiger partial charge in [-0.25, -0.2) is 0 Å². The van der Waals surface area contributed by atoms with Gasteiger partial charge in [-0.2, -0.15) is 0 Å². The van der Waals surface area contributed by atoms with Crippen molar-refractivity contribution in [1.29, 1.82) is 0 Å². The Morgan fingerprint density at radius 3 is 1.55 bits per heavy atom. The van der Waals surface area contributed by atoms with Gasteiger partial charge in [0.25, 0.3) is 0 Å². The van der Waals surface area contributed by atoms with Crippen LogP contribution in [0.15, 0.2) is 224 Å². The largest absolute Gasteiger partial charge is 0.310 e. The molecule has 0 atom stereocenters. The monoisotopic (exact) mass is 765 g/mol. The molecular formula is C59H43N. The molecule has 0 unspecified atom stereocenters. The molecule has 0 saturated carbocycles. The molecule has 10 aromatic rings. The third-order valence-electron chi connectivity index (χ3n) is 12.7. The van der Waals surface area contributed by atoms with Gasteiger partial charge >= 0.3 is 0 Å². The molecule has 60 heavy (non-hydrogen) atoms. The molecule has 0 aliphatic heterocycles. The van der Waals surface area contributed by atoms with Crippen LogP contribution in [-0.2, 0) is 5.41 Å². The van der Waals surface area contributed by atoms with E-state index in [-0.39, 0.29) is 5.41 Å². The first-order valence-electron chi connectivity index (χ1n) is 20.9. The summed E-state index contributed by atoms with van der Waals surface area (Å²) in [5.74, 6) is 0. The molecule has 0 N–H and O–H groups in total. The summed E-state index contributed by atoms with van der Waals surface area (Å²) in [4.78, 5) is 2.42. The minimum Gasteiger partial charge on any atom is -0.310 e. The molecule has 1 aliphatic carbocycles. The molecule has 0 amide bonds. The lowest BCUT2D eigenvalue weighted by molar-refractivity contribution is 0.660. The molecular weight excluding hydrogens is 723 g/mol. The smallest absolute Gasteiger partial charge is 0.0465 e. The zero-order valence-electron chi connectivity index (χ0n) is 33.8. The predicted molar refractivity (Wildman–Crippen MR) is 255 cm³/mol. The van der Waals surface area contributed by atoms with Gasteiger partial charge in [-0.3, -0.25) is 0 Å². The Kier molecular flexibility index (Phi) is 8.57. The normalized spacial score (nSPS) is 12.6. The van der Waals surface area contributed by atoms with Gasteiger partial charge in [0.05, 0.1) is 0 Å². The van der Waals surface area contributed by atoms with Crippen molar-refractivity contribution in [2.45, 2.75) is 19.3 Å². The molecule has 1 aliphatic rings. The van der Waals surface area contributed by atoms with Crippen molar-refractivity contribution in [2.24, 2.45) is 0 Å². The van der Waals surface area contributed by atoms with Gasteiger partial charge in [-0.15, -0.1) is 0 Å². The number of rotatable bonds is 7. The van der Waals surface area contributed by atoms with E-state index < -0.39 is 0 Å². The Bertz CT molecular complexity index is 3200. The maximum absolute atomic E-state index is 2.43. The molecule has 0 bridgehead atoms. The number of hydrogen-bond donors (Lipinski definition) is 0. The highest BCUT2D eigenvalue weighted by Crippen LogP contribution is 2.54. The minimum absolute atomic E-state index is 0.173. The molecule has 0 fully saturated rings. The van der Waals surface area contributed by atoms with E-state index in [0.29, 0.717) is 0 Å². The van der Waals surface area contributed by atoms with Gasteiger partial charge in [0.2, 0.25) is 0 Å². The lowest BCUT2D eigenvalue weighted by Gasteiger charge is -2.28. The standard InChI is InChI=1S/C59H43N/c1-59(2)55-23-13-22-52(43-17-7-4-8-18-43)58(55)54-37-35-50(39-56(54)59)60(48-31-26-42(27-32-48)40-14-5-3-6-15-40)49-33-28-45(29-34-49)53-36-30-44-19-11-12-21-51(44)57(53)47-25-24-41-16-9-10-20-46(41)38-47/h3-39H,1-2H3. The van der Waals surface area contributed by atoms with Crippen LogP contribution in [0.25, 0.3) is 77.2 Å². The predicted octanol–water partition coefficient (Wildman–Crippen LogP) is 16.4. The van der Waals surface area contributed by atoms with Crippen molar-refractivity contribution in [3.8, 4) is 55.6 Å². The summed E-state index contributed by atoms with van der Waals surface area (Å²) in [6.45, 7) is 4.75. The average molecular weight is 766 g/mol. The Balaban J connectivity index is 1.05. The van der Waals surface area contributed by atoms with Crippen molar-refractivity contribution in [2.75, 3.05) is 4.90 Å². The second-order valence-corrected chi connectivity index (χ2v) is 16.5. The zero-order chi connectivity index (χ0) is 40.2. The van der Waals surface area contributed by atoms with Crippen molar-refractivity contribution in [3.63, 3.8) is 0 Å². The minimum atomic E-state index is -0.173. The third-order valence-corrected chi connectivity index (χ3v) is 12.7. The number of hydrogen-bond acceptors (Lipinski definition) is 1. The van der Waals surface area contributed by atoms with Gasteiger partial charge in [-0.1, -0.05) is 196 Å². The van der Waals surface area contributed by atoms with E-state index in [1.807, 2.05) is 0 Å². The number of fused-ring (bicyclic) bond motifs is 5. The van der Waals surface area contributed by atoms with Crippen LogP contribution < -0.4 is 4.90 Å². The van der Waals surface area contributed by atoms with Crippen molar-refractivity contribution in [1.82, 2.24) is 0 Å². The summed E-state index contributed by atoms with van der Waals surface area (Å²) in [5, 5.41) is 4.99. The highest BCUT2D eigenvalue weighted by Gasteiger charge is 2.37.